The van der Waals surface area contributed by atoms with E-state index >= 15 is 0 Å². The second-order valence-corrected chi connectivity index (χ2v) is 8.61. The third kappa shape index (κ3) is 7.11. The molecule has 3 aromatic carbocycles. The zero-order chi connectivity index (χ0) is 22.2. The van der Waals surface area contributed by atoms with E-state index in [4.69, 9.17) is 32.7 Å². The van der Waals surface area contributed by atoms with Gasteiger partial charge in [0.15, 0.2) is 11.5 Å². The maximum absolute atomic E-state index is 13.1. The Morgan fingerprint density at radius 3 is 2.45 bits per heavy atom. The van der Waals surface area contributed by atoms with Crippen LogP contribution in [0.25, 0.3) is 0 Å². The minimum atomic E-state index is -0.268. The number of benzene rings is 3. The SMILES string of the molecule is CCOc1cc(CNCCc2ccc(Cl)cc2Cl)cc(Br)c1OCc1ccc(F)cc1. The third-order valence-electron chi connectivity index (χ3n) is 4.58. The first-order valence-corrected chi connectivity index (χ1v) is 11.5. The van der Waals surface area contributed by atoms with Gasteiger partial charge in [-0.1, -0.05) is 41.4 Å². The summed E-state index contributed by atoms with van der Waals surface area (Å²) in [6.07, 6.45) is 0.800. The molecule has 0 aliphatic heterocycles. The molecule has 0 spiro atoms. The van der Waals surface area contributed by atoms with Gasteiger partial charge in [0.2, 0.25) is 0 Å². The molecular formula is C24H23BrCl2FNO2. The van der Waals surface area contributed by atoms with E-state index in [1.54, 1.807) is 18.2 Å². The molecular weight excluding hydrogens is 504 g/mol. The number of halogens is 4. The zero-order valence-corrected chi connectivity index (χ0v) is 20.2. The van der Waals surface area contributed by atoms with E-state index in [-0.39, 0.29) is 5.82 Å². The van der Waals surface area contributed by atoms with Crippen molar-refractivity contribution < 1.29 is 13.9 Å². The fourth-order valence-electron chi connectivity index (χ4n) is 3.04. The lowest BCUT2D eigenvalue weighted by Crippen LogP contribution is -2.17. The molecule has 0 aromatic heterocycles. The Morgan fingerprint density at radius 2 is 1.74 bits per heavy atom. The molecule has 3 rings (SSSR count). The minimum Gasteiger partial charge on any atom is -0.490 e. The Bertz CT molecular complexity index is 1020. The summed E-state index contributed by atoms with van der Waals surface area (Å²) in [5, 5.41) is 4.74. The summed E-state index contributed by atoms with van der Waals surface area (Å²) in [4.78, 5) is 0. The predicted molar refractivity (Wildman–Crippen MR) is 128 cm³/mol. The van der Waals surface area contributed by atoms with Gasteiger partial charge in [-0.2, -0.15) is 0 Å². The molecule has 0 atom stereocenters. The molecule has 3 aromatic rings. The highest BCUT2D eigenvalue weighted by atomic mass is 79.9. The maximum atomic E-state index is 13.1. The van der Waals surface area contributed by atoms with Crippen LogP contribution in [-0.4, -0.2) is 13.2 Å². The molecule has 0 aliphatic carbocycles. The zero-order valence-electron chi connectivity index (χ0n) is 17.1. The minimum absolute atomic E-state index is 0.268. The van der Waals surface area contributed by atoms with E-state index < -0.39 is 0 Å². The number of nitrogens with one attached hydrogen (secondary N) is 1. The predicted octanol–water partition coefficient (Wildman–Crippen LogP) is 7.21. The molecule has 0 radical (unpaired) electrons. The molecule has 0 saturated carbocycles. The lowest BCUT2D eigenvalue weighted by atomic mass is 10.1. The molecule has 7 heteroatoms. The molecule has 1 N–H and O–H groups in total. The summed E-state index contributed by atoms with van der Waals surface area (Å²) < 4.78 is 25.7. The normalized spacial score (nSPS) is 10.9. The van der Waals surface area contributed by atoms with Crippen molar-refractivity contribution >= 4 is 39.1 Å². The molecule has 0 saturated heterocycles. The quantitative estimate of drug-likeness (QED) is 0.283. The van der Waals surface area contributed by atoms with Gasteiger partial charge in [-0.25, -0.2) is 4.39 Å². The molecule has 0 aliphatic rings. The van der Waals surface area contributed by atoms with Gasteiger partial charge in [0.1, 0.15) is 12.4 Å². The maximum Gasteiger partial charge on any atom is 0.175 e. The van der Waals surface area contributed by atoms with Gasteiger partial charge in [0.25, 0.3) is 0 Å². The topological polar surface area (TPSA) is 30.5 Å². The summed E-state index contributed by atoms with van der Waals surface area (Å²) in [5.74, 6) is 1.02. The fourth-order valence-corrected chi connectivity index (χ4v) is 4.15. The highest BCUT2D eigenvalue weighted by Crippen LogP contribution is 2.37. The Hall–Kier alpha value is -1.79. The largest absolute Gasteiger partial charge is 0.490 e. The smallest absolute Gasteiger partial charge is 0.175 e. The monoisotopic (exact) mass is 525 g/mol. The lowest BCUT2D eigenvalue weighted by molar-refractivity contribution is 0.267. The van der Waals surface area contributed by atoms with Crippen molar-refractivity contribution in [1.82, 2.24) is 5.32 Å². The van der Waals surface area contributed by atoms with Crippen molar-refractivity contribution in [1.29, 1.82) is 0 Å². The van der Waals surface area contributed by atoms with Gasteiger partial charge in [-0.3, -0.25) is 0 Å². The van der Waals surface area contributed by atoms with Crippen LogP contribution in [0.4, 0.5) is 4.39 Å². The van der Waals surface area contributed by atoms with E-state index in [2.05, 4.69) is 21.2 Å². The second kappa shape index (κ2) is 11.7. The van der Waals surface area contributed by atoms with Crippen LogP contribution in [0.3, 0.4) is 0 Å². The molecule has 0 heterocycles. The van der Waals surface area contributed by atoms with Crippen molar-refractivity contribution in [3.05, 3.63) is 91.6 Å². The molecule has 0 bridgehead atoms. The molecule has 0 fully saturated rings. The first-order valence-electron chi connectivity index (χ1n) is 9.93. The van der Waals surface area contributed by atoms with E-state index in [9.17, 15) is 4.39 Å². The van der Waals surface area contributed by atoms with Crippen molar-refractivity contribution in [2.75, 3.05) is 13.2 Å². The van der Waals surface area contributed by atoms with Gasteiger partial charge >= 0.3 is 0 Å². The first kappa shape index (κ1) is 23.9. The van der Waals surface area contributed by atoms with Gasteiger partial charge in [-0.15, -0.1) is 0 Å². The lowest BCUT2D eigenvalue weighted by Gasteiger charge is -2.16. The highest BCUT2D eigenvalue weighted by Gasteiger charge is 2.13. The molecule has 0 amide bonds. The van der Waals surface area contributed by atoms with Crippen LogP contribution in [0.5, 0.6) is 11.5 Å². The standard InChI is InChI=1S/C24H23BrCl2FNO2/c1-2-30-23-12-17(14-29-10-9-18-5-6-19(26)13-22(18)27)11-21(25)24(23)31-15-16-3-7-20(28)8-4-16/h3-8,11-13,29H,2,9-10,14-15H2,1H3. The van der Waals surface area contributed by atoms with Gasteiger partial charge in [0.05, 0.1) is 11.1 Å². The summed E-state index contributed by atoms with van der Waals surface area (Å²) >= 11 is 15.8. The van der Waals surface area contributed by atoms with Crippen LogP contribution in [0.1, 0.15) is 23.6 Å². The summed E-state index contributed by atoms with van der Waals surface area (Å²) in [6.45, 7) is 4.20. The van der Waals surface area contributed by atoms with Crippen LogP contribution in [0, 0.1) is 5.82 Å². The summed E-state index contributed by atoms with van der Waals surface area (Å²) in [6, 6.07) is 15.8. The van der Waals surface area contributed by atoms with Gasteiger partial charge in [-0.05, 0) is 88.9 Å². The number of rotatable bonds is 10. The number of hydrogen-bond donors (Lipinski definition) is 1. The van der Waals surface area contributed by atoms with Crippen LogP contribution in [0.15, 0.2) is 59.1 Å². The Morgan fingerprint density at radius 1 is 0.968 bits per heavy atom. The number of ether oxygens (including phenoxy) is 2. The van der Waals surface area contributed by atoms with Gasteiger partial charge < -0.3 is 14.8 Å². The third-order valence-corrected chi connectivity index (χ3v) is 5.76. The first-order chi connectivity index (χ1) is 15.0. The Labute approximate surface area is 200 Å². The fraction of sp³-hybridized carbons (Fsp3) is 0.250. The molecule has 31 heavy (non-hydrogen) atoms. The molecule has 164 valence electrons. The number of hydrogen-bond acceptors (Lipinski definition) is 3. The summed E-state index contributed by atoms with van der Waals surface area (Å²) in [7, 11) is 0. The van der Waals surface area contributed by atoms with Crippen LogP contribution in [0.2, 0.25) is 10.0 Å². The van der Waals surface area contributed by atoms with Crippen molar-refractivity contribution in [3.63, 3.8) is 0 Å². The molecule has 0 unspecified atom stereocenters. The average molecular weight is 527 g/mol. The van der Waals surface area contributed by atoms with Crippen LogP contribution < -0.4 is 14.8 Å². The van der Waals surface area contributed by atoms with Crippen molar-refractivity contribution in [3.8, 4) is 11.5 Å². The Kier molecular flexibility index (Phi) is 9.02. The Balaban J connectivity index is 1.61. The van der Waals surface area contributed by atoms with E-state index in [0.29, 0.717) is 41.3 Å². The van der Waals surface area contributed by atoms with Crippen molar-refractivity contribution in [2.45, 2.75) is 26.5 Å². The van der Waals surface area contributed by atoms with Crippen LogP contribution in [-0.2, 0) is 19.6 Å². The van der Waals surface area contributed by atoms with E-state index in [1.807, 2.05) is 31.2 Å². The second-order valence-electron chi connectivity index (χ2n) is 6.92. The highest BCUT2D eigenvalue weighted by molar-refractivity contribution is 9.10. The summed E-state index contributed by atoms with van der Waals surface area (Å²) in [5.41, 5.74) is 2.99. The molecule has 3 nitrogen and oxygen atoms in total. The van der Waals surface area contributed by atoms with Crippen molar-refractivity contribution in [2.24, 2.45) is 0 Å². The van der Waals surface area contributed by atoms with Gasteiger partial charge in [0, 0.05) is 16.6 Å². The average Bonchev–Trinajstić information content (AvgIpc) is 2.73. The van der Waals surface area contributed by atoms with E-state index in [0.717, 1.165) is 34.1 Å². The van der Waals surface area contributed by atoms with E-state index in [1.165, 1.54) is 12.1 Å². The van der Waals surface area contributed by atoms with Crippen LogP contribution >= 0.6 is 39.1 Å².